The molecule has 0 aliphatic rings. The van der Waals surface area contributed by atoms with Gasteiger partial charge < -0.3 is 9.67 Å². The molecule has 0 saturated heterocycles. The summed E-state index contributed by atoms with van der Waals surface area (Å²) in [5.74, 6) is -0.456. The minimum Gasteiger partial charge on any atom is -0.507 e. The highest BCUT2D eigenvalue weighted by molar-refractivity contribution is 5.85. The number of carbonyl (C=O) groups is 1. The summed E-state index contributed by atoms with van der Waals surface area (Å²) in [4.78, 5) is 40.3. The zero-order chi connectivity index (χ0) is 18.8. The van der Waals surface area contributed by atoms with E-state index in [0.29, 0.717) is 5.56 Å². The summed E-state index contributed by atoms with van der Waals surface area (Å²) in [5.41, 5.74) is 2.08. The number of nitrogens with one attached hydrogen (secondary N) is 1. The Hall–Kier alpha value is -3.69. The molecular weight excluding hydrogens is 340 g/mol. The Kier molecular flexibility index (Phi) is 4.40. The average Bonchev–Trinajstić information content (AvgIpc) is 3.03. The van der Waals surface area contributed by atoms with Crippen LogP contribution in [0.5, 0.6) is 5.75 Å². The van der Waals surface area contributed by atoms with Gasteiger partial charge in [0, 0.05) is 19.7 Å². The number of imidazole rings is 1. The van der Waals surface area contributed by atoms with E-state index in [1.807, 2.05) is 0 Å². The predicted octanol–water partition coefficient (Wildman–Crippen LogP) is -0.710. The van der Waals surface area contributed by atoms with E-state index in [4.69, 9.17) is 0 Å². The second-order valence-electron chi connectivity index (χ2n) is 5.60. The van der Waals surface area contributed by atoms with Crippen LogP contribution < -0.4 is 16.7 Å². The summed E-state index contributed by atoms with van der Waals surface area (Å²) >= 11 is 0. The first-order valence-electron chi connectivity index (χ1n) is 7.61. The Balaban J connectivity index is 1.81. The molecule has 1 amide bonds. The Morgan fingerprint density at radius 2 is 2.00 bits per heavy atom. The van der Waals surface area contributed by atoms with Crippen molar-refractivity contribution in [2.45, 2.75) is 6.54 Å². The molecule has 0 spiro atoms. The van der Waals surface area contributed by atoms with Crippen molar-refractivity contribution < 1.29 is 9.90 Å². The number of aromatic nitrogens is 4. The second kappa shape index (κ2) is 6.67. The lowest BCUT2D eigenvalue weighted by Gasteiger charge is -2.06. The summed E-state index contributed by atoms with van der Waals surface area (Å²) in [6.07, 6.45) is 2.62. The lowest BCUT2D eigenvalue weighted by atomic mass is 10.2. The van der Waals surface area contributed by atoms with Gasteiger partial charge in [0.05, 0.1) is 12.5 Å². The third-order valence-corrected chi connectivity index (χ3v) is 3.86. The van der Waals surface area contributed by atoms with E-state index in [0.717, 1.165) is 4.57 Å². The number of rotatable bonds is 4. The number of hydrogen-bond acceptors (Lipinski definition) is 6. The minimum absolute atomic E-state index is 0.0375. The van der Waals surface area contributed by atoms with Gasteiger partial charge in [0.2, 0.25) is 0 Å². The minimum atomic E-state index is -0.536. The van der Waals surface area contributed by atoms with E-state index in [9.17, 15) is 19.5 Å². The Morgan fingerprint density at radius 1 is 1.27 bits per heavy atom. The largest absolute Gasteiger partial charge is 0.507 e. The molecule has 0 radical (unpaired) electrons. The number of amides is 1. The fraction of sp³-hybridized carbons (Fsp3) is 0.188. The summed E-state index contributed by atoms with van der Waals surface area (Å²) in [6.45, 7) is -0.206. The molecule has 10 nitrogen and oxygen atoms in total. The molecule has 2 N–H and O–H groups in total. The van der Waals surface area contributed by atoms with Crippen molar-refractivity contribution >= 4 is 23.3 Å². The quantitative estimate of drug-likeness (QED) is 0.472. The molecule has 1 aromatic carbocycles. The van der Waals surface area contributed by atoms with Gasteiger partial charge in [-0.15, -0.1) is 0 Å². The predicted molar refractivity (Wildman–Crippen MR) is 94.1 cm³/mol. The Morgan fingerprint density at radius 3 is 2.73 bits per heavy atom. The molecule has 3 rings (SSSR count). The maximum Gasteiger partial charge on any atom is 0.332 e. The van der Waals surface area contributed by atoms with E-state index in [-0.39, 0.29) is 23.5 Å². The van der Waals surface area contributed by atoms with Crippen LogP contribution in [0.1, 0.15) is 5.56 Å². The van der Waals surface area contributed by atoms with Crippen molar-refractivity contribution in [3.8, 4) is 5.75 Å². The van der Waals surface area contributed by atoms with Gasteiger partial charge in [0.15, 0.2) is 11.2 Å². The van der Waals surface area contributed by atoms with Crippen LogP contribution in [0.4, 0.5) is 0 Å². The molecule has 0 bridgehead atoms. The third-order valence-electron chi connectivity index (χ3n) is 3.86. The molecule has 0 aliphatic heterocycles. The molecule has 134 valence electrons. The zero-order valence-electron chi connectivity index (χ0n) is 14.1. The van der Waals surface area contributed by atoms with Gasteiger partial charge >= 0.3 is 5.69 Å². The van der Waals surface area contributed by atoms with Crippen molar-refractivity contribution in [3.05, 3.63) is 57.0 Å². The molecule has 10 heteroatoms. The fourth-order valence-electron chi connectivity index (χ4n) is 2.48. The molecule has 0 aliphatic carbocycles. The highest BCUT2D eigenvalue weighted by atomic mass is 16.3. The smallest absolute Gasteiger partial charge is 0.332 e. The van der Waals surface area contributed by atoms with Crippen LogP contribution in [0.2, 0.25) is 0 Å². The van der Waals surface area contributed by atoms with Crippen molar-refractivity contribution in [1.29, 1.82) is 0 Å². The van der Waals surface area contributed by atoms with E-state index >= 15 is 0 Å². The van der Waals surface area contributed by atoms with Crippen molar-refractivity contribution in [1.82, 2.24) is 24.1 Å². The Bertz CT molecular complexity index is 1140. The summed E-state index contributed by atoms with van der Waals surface area (Å²) < 4.78 is 3.54. The van der Waals surface area contributed by atoms with Gasteiger partial charge in [0.1, 0.15) is 12.3 Å². The molecule has 3 aromatic rings. The number of phenols is 1. The molecule has 2 heterocycles. The van der Waals surface area contributed by atoms with Gasteiger partial charge in [-0.3, -0.25) is 18.7 Å². The maximum absolute atomic E-state index is 12.3. The fourth-order valence-corrected chi connectivity index (χ4v) is 2.48. The van der Waals surface area contributed by atoms with Crippen LogP contribution in [-0.4, -0.2) is 35.9 Å². The third kappa shape index (κ3) is 2.99. The number of para-hydroxylation sites is 1. The second-order valence-corrected chi connectivity index (χ2v) is 5.60. The van der Waals surface area contributed by atoms with Crippen LogP contribution in [0.3, 0.4) is 0 Å². The average molecular weight is 356 g/mol. The standard InChI is InChI=1S/C16H16N6O4/c1-20-14-13(15(25)21(2)16(20)26)22(9-17-14)8-12(24)19-18-7-10-5-3-4-6-11(10)23/h3-7,9,23H,8H2,1-2H3,(H,19,24). The summed E-state index contributed by atoms with van der Waals surface area (Å²) in [7, 11) is 2.86. The highest BCUT2D eigenvalue weighted by Crippen LogP contribution is 2.12. The first-order chi connectivity index (χ1) is 12.4. The number of phenolic OH excluding ortho intramolecular Hbond substituents is 1. The highest BCUT2D eigenvalue weighted by Gasteiger charge is 2.15. The molecule has 0 unspecified atom stereocenters. The first-order valence-corrected chi connectivity index (χ1v) is 7.61. The van der Waals surface area contributed by atoms with Gasteiger partial charge in [-0.25, -0.2) is 15.2 Å². The molecule has 2 aromatic heterocycles. The lowest BCUT2D eigenvalue weighted by molar-refractivity contribution is -0.121. The number of hydrogen-bond donors (Lipinski definition) is 2. The Labute approximate surface area is 146 Å². The number of benzene rings is 1. The van der Waals surface area contributed by atoms with Gasteiger partial charge in [-0.05, 0) is 12.1 Å². The molecule has 0 fully saturated rings. The van der Waals surface area contributed by atoms with E-state index in [1.54, 1.807) is 18.2 Å². The maximum atomic E-state index is 12.3. The number of nitrogens with zero attached hydrogens (tertiary/aromatic N) is 5. The van der Waals surface area contributed by atoms with Crippen molar-refractivity contribution in [2.24, 2.45) is 19.2 Å². The van der Waals surface area contributed by atoms with Gasteiger partial charge in [-0.2, -0.15) is 5.10 Å². The zero-order valence-corrected chi connectivity index (χ0v) is 14.1. The van der Waals surface area contributed by atoms with Crippen LogP contribution in [0, 0.1) is 0 Å². The number of aromatic hydroxyl groups is 1. The summed E-state index contributed by atoms with van der Waals surface area (Å²) in [6, 6.07) is 6.53. The lowest BCUT2D eigenvalue weighted by Crippen LogP contribution is -2.38. The number of aryl methyl sites for hydroxylation is 1. The van der Waals surface area contributed by atoms with Crippen LogP contribution in [0.15, 0.2) is 45.3 Å². The van der Waals surface area contributed by atoms with Gasteiger partial charge in [0.25, 0.3) is 11.5 Å². The van der Waals surface area contributed by atoms with Crippen LogP contribution >= 0.6 is 0 Å². The number of fused-ring (bicyclic) bond motifs is 1. The van der Waals surface area contributed by atoms with Gasteiger partial charge in [-0.1, -0.05) is 12.1 Å². The topological polar surface area (TPSA) is 124 Å². The molecular formula is C16H16N6O4. The normalized spacial score (nSPS) is 11.3. The van der Waals surface area contributed by atoms with E-state index in [2.05, 4.69) is 15.5 Å². The SMILES string of the molecule is Cn1c(=O)c2c(ncn2CC(=O)NN=Cc2ccccc2O)n(C)c1=O. The van der Waals surface area contributed by atoms with Crippen molar-refractivity contribution in [3.63, 3.8) is 0 Å². The number of carbonyl (C=O) groups excluding carboxylic acids is 1. The first kappa shape index (κ1) is 17.1. The number of hydrazone groups is 1. The molecule has 0 atom stereocenters. The van der Waals surface area contributed by atoms with Crippen LogP contribution in [0.25, 0.3) is 11.2 Å². The monoisotopic (exact) mass is 356 g/mol. The van der Waals surface area contributed by atoms with E-state index in [1.165, 1.54) is 41.8 Å². The van der Waals surface area contributed by atoms with Crippen molar-refractivity contribution in [2.75, 3.05) is 0 Å². The summed E-state index contributed by atoms with van der Waals surface area (Å²) in [5, 5.41) is 13.4. The molecule has 0 saturated carbocycles. The molecule has 26 heavy (non-hydrogen) atoms. The van der Waals surface area contributed by atoms with E-state index < -0.39 is 17.2 Å². The van der Waals surface area contributed by atoms with Crippen LogP contribution in [-0.2, 0) is 25.4 Å².